The van der Waals surface area contributed by atoms with Gasteiger partial charge in [0.1, 0.15) is 11.3 Å². The minimum atomic E-state index is -0.0836. The first kappa shape index (κ1) is 19.8. The molecular formula is C22H29N3O4. The van der Waals surface area contributed by atoms with E-state index >= 15 is 0 Å². The lowest BCUT2D eigenvalue weighted by atomic mass is 10.1. The molecule has 1 aromatic carbocycles. The van der Waals surface area contributed by atoms with Gasteiger partial charge in [0.2, 0.25) is 5.91 Å². The van der Waals surface area contributed by atoms with Gasteiger partial charge in [-0.25, -0.2) is 0 Å². The van der Waals surface area contributed by atoms with Crippen LogP contribution < -0.4 is 4.74 Å². The highest BCUT2D eigenvalue weighted by atomic mass is 16.5. The van der Waals surface area contributed by atoms with Crippen LogP contribution in [0.1, 0.15) is 35.4 Å². The van der Waals surface area contributed by atoms with Gasteiger partial charge in [-0.05, 0) is 44.4 Å². The largest absolute Gasteiger partial charge is 0.497 e. The monoisotopic (exact) mass is 399 g/mol. The summed E-state index contributed by atoms with van der Waals surface area (Å²) in [6.07, 6.45) is 3.44. The average molecular weight is 399 g/mol. The number of carbonyl (C=O) groups excluding carboxylic acids is 2. The van der Waals surface area contributed by atoms with Crippen molar-refractivity contribution in [2.75, 3.05) is 52.9 Å². The summed E-state index contributed by atoms with van der Waals surface area (Å²) in [4.78, 5) is 31.5. The summed E-state index contributed by atoms with van der Waals surface area (Å²) >= 11 is 0. The molecule has 2 aromatic rings. The molecule has 1 aromatic heterocycles. The molecule has 2 amide bonds. The van der Waals surface area contributed by atoms with Crippen LogP contribution >= 0.6 is 0 Å². The average Bonchev–Trinajstić information content (AvgIpc) is 3.10. The smallest absolute Gasteiger partial charge is 0.289 e. The molecule has 0 N–H and O–H groups in total. The Hall–Kier alpha value is -2.54. The van der Waals surface area contributed by atoms with E-state index in [2.05, 4.69) is 4.90 Å². The summed E-state index contributed by atoms with van der Waals surface area (Å²) in [6, 6.07) is 5.56. The SMILES string of the molecule is COc1ccc2oc(C(=O)N3CCN(CC(=O)N4CCCCC4)CC3)c(C)c2c1. The zero-order chi connectivity index (χ0) is 20.4. The summed E-state index contributed by atoms with van der Waals surface area (Å²) in [6.45, 7) is 6.74. The van der Waals surface area contributed by atoms with Gasteiger partial charge in [0.25, 0.3) is 5.91 Å². The van der Waals surface area contributed by atoms with Crippen LogP contribution in [0, 0.1) is 6.92 Å². The van der Waals surface area contributed by atoms with Crippen LogP contribution in [0.15, 0.2) is 22.6 Å². The number of ether oxygens (including phenoxy) is 1. The highest BCUT2D eigenvalue weighted by Crippen LogP contribution is 2.29. The van der Waals surface area contributed by atoms with E-state index in [1.807, 2.05) is 34.9 Å². The number of piperazine rings is 1. The first-order chi connectivity index (χ1) is 14.1. The molecule has 2 aliphatic rings. The Bertz CT molecular complexity index is 893. The predicted octanol–water partition coefficient (Wildman–Crippen LogP) is 2.52. The third-order valence-electron chi connectivity index (χ3n) is 6.06. The molecule has 29 heavy (non-hydrogen) atoms. The zero-order valence-electron chi connectivity index (χ0n) is 17.3. The molecule has 0 radical (unpaired) electrons. The molecule has 4 rings (SSSR count). The molecule has 0 unspecified atom stereocenters. The molecule has 3 heterocycles. The van der Waals surface area contributed by atoms with Crippen LogP contribution in [0.2, 0.25) is 0 Å². The minimum Gasteiger partial charge on any atom is -0.497 e. The van der Waals surface area contributed by atoms with E-state index < -0.39 is 0 Å². The molecule has 0 aliphatic carbocycles. The Kier molecular flexibility index (Phi) is 5.76. The van der Waals surface area contributed by atoms with Crippen molar-refractivity contribution in [1.29, 1.82) is 0 Å². The number of amides is 2. The van der Waals surface area contributed by atoms with Gasteiger partial charge < -0.3 is 19.0 Å². The third-order valence-corrected chi connectivity index (χ3v) is 6.06. The van der Waals surface area contributed by atoms with Crippen LogP contribution in [0.3, 0.4) is 0 Å². The van der Waals surface area contributed by atoms with Crippen LogP contribution in [-0.4, -0.2) is 79.4 Å². The molecule has 7 heteroatoms. The number of piperidine rings is 1. The van der Waals surface area contributed by atoms with Crippen molar-refractivity contribution in [1.82, 2.24) is 14.7 Å². The number of hydrogen-bond acceptors (Lipinski definition) is 5. The van der Waals surface area contributed by atoms with Crippen molar-refractivity contribution in [3.8, 4) is 5.75 Å². The number of aryl methyl sites for hydroxylation is 1. The van der Waals surface area contributed by atoms with E-state index in [9.17, 15) is 9.59 Å². The Morgan fingerprint density at radius 2 is 1.72 bits per heavy atom. The molecule has 2 saturated heterocycles. The quantitative estimate of drug-likeness (QED) is 0.790. The zero-order valence-corrected chi connectivity index (χ0v) is 17.3. The minimum absolute atomic E-state index is 0.0836. The molecule has 2 fully saturated rings. The number of fused-ring (bicyclic) bond motifs is 1. The molecule has 0 atom stereocenters. The van der Waals surface area contributed by atoms with Crippen LogP contribution in [0.4, 0.5) is 0 Å². The molecular weight excluding hydrogens is 370 g/mol. The highest BCUT2D eigenvalue weighted by molar-refractivity contribution is 5.99. The summed E-state index contributed by atoms with van der Waals surface area (Å²) in [5, 5.41) is 0.901. The molecule has 0 bridgehead atoms. The van der Waals surface area contributed by atoms with E-state index in [1.165, 1.54) is 6.42 Å². The Morgan fingerprint density at radius 1 is 1.00 bits per heavy atom. The highest BCUT2D eigenvalue weighted by Gasteiger charge is 2.28. The predicted molar refractivity (Wildman–Crippen MR) is 110 cm³/mol. The van der Waals surface area contributed by atoms with E-state index in [1.54, 1.807) is 7.11 Å². The van der Waals surface area contributed by atoms with Gasteiger partial charge in [-0.3, -0.25) is 14.5 Å². The summed E-state index contributed by atoms with van der Waals surface area (Å²) in [5.74, 6) is 1.27. The number of hydrogen-bond donors (Lipinski definition) is 0. The maximum Gasteiger partial charge on any atom is 0.289 e. The van der Waals surface area contributed by atoms with E-state index in [-0.39, 0.29) is 11.8 Å². The lowest BCUT2D eigenvalue weighted by Crippen LogP contribution is -2.52. The van der Waals surface area contributed by atoms with Crippen molar-refractivity contribution < 1.29 is 18.7 Å². The van der Waals surface area contributed by atoms with Gasteiger partial charge in [0, 0.05) is 50.2 Å². The van der Waals surface area contributed by atoms with Crippen LogP contribution in [0.5, 0.6) is 5.75 Å². The number of benzene rings is 1. The van der Waals surface area contributed by atoms with Crippen molar-refractivity contribution in [2.45, 2.75) is 26.2 Å². The van der Waals surface area contributed by atoms with Crippen molar-refractivity contribution >= 4 is 22.8 Å². The van der Waals surface area contributed by atoms with Gasteiger partial charge >= 0.3 is 0 Å². The number of carbonyl (C=O) groups is 2. The van der Waals surface area contributed by atoms with Gasteiger partial charge in [-0.1, -0.05) is 0 Å². The first-order valence-corrected chi connectivity index (χ1v) is 10.4. The number of likely N-dealkylation sites (tertiary alicyclic amines) is 1. The second kappa shape index (κ2) is 8.45. The Labute approximate surface area is 171 Å². The van der Waals surface area contributed by atoms with Gasteiger partial charge in [-0.15, -0.1) is 0 Å². The van der Waals surface area contributed by atoms with Gasteiger partial charge in [0.05, 0.1) is 13.7 Å². The van der Waals surface area contributed by atoms with Crippen LogP contribution in [-0.2, 0) is 4.79 Å². The summed E-state index contributed by atoms with van der Waals surface area (Å²) in [5.41, 5.74) is 1.53. The fourth-order valence-electron chi connectivity index (χ4n) is 4.22. The lowest BCUT2D eigenvalue weighted by Gasteiger charge is -2.35. The molecule has 156 valence electrons. The molecule has 7 nitrogen and oxygen atoms in total. The van der Waals surface area contributed by atoms with Crippen molar-refractivity contribution in [2.24, 2.45) is 0 Å². The normalized spacial score (nSPS) is 18.3. The fourth-order valence-corrected chi connectivity index (χ4v) is 4.22. The maximum absolute atomic E-state index is 13.0. The molecule has 0 spiro atoms. The topological polar surface area (TPSA) is 66.2 Å². The first-order valence-electron chi connectivity index (χ1n) is 10.4. The van der Waals surface area contributed by atoms with Gasteiger partial charge in [-0.2, -0.15) is 0 Å². The van der Waals surface area contributed by atoms with Gasteiger partial charge in [0.15, 0.2) is 5.76 Å². The second-order valence-electron chi connectivity index (χ2n) is 7.93. The lowest BCUT2D eigenvalue weighted by molar-refractivity contribution is -0.133. The third kappa shape index (κ3) is 4.10. The Balaban J connectivity index is 1.37. The second-order valence-corrected chi connectivity index (χ2v) is 7.93. The number of rotatable bonds is 4. The molecule has 2 aliphatic heterocycles. The number of nitrogens with zero attached hydrogens (tertiary/aromatic N) is 3. The fraction of sp³-hybridized carbons (Fsp3) is 0.545. The van der Waals surface area contributed by atoms with E-state index in [0.717, 1.165) is 42.6 Å². The number of furan rings is 1. The Morgan fingerprint density at radius 3 is 2.41 bits per heavy atom. The van der Waals surface area contributed by atoms with E-state index in [0.29, 0.717) is 44.1 Å². The summed E-state index contributed by atoms with van der Waals surface area (Å²) in [7, 11) is 1.62. The number of methoxy groups -OCH3 is 1. The van der Waals surface area contributed by atoms with Crippen molar-refractivity contribution in [3.63, 3.8) is 0 Å². The van der Waals surface area contributed by atoms with Crippen molar-refractivity contribution in [3.05, 3.63) is 29.5 Å². The standard InChI is InChI=1S/C22H29N3O4/c1-16-18-14-17(28-2)6-7-19(18)29-21(16)22(27)25-12-10-23(11-13-25)15-20(26)24-8-4-3-5-9-24/h6-7,14H,3-5,8-13,15H2,1-2H3. The van der Waals surface area contributed by atoms with E-state index in [4.69, 9.17) is 9.15 Å². The summed E-state index contributed by atoms with van der Waals surface area (Å²) < 4.78 is 11.1. The maximum atomic E-state index is 13.0. The van der Waals surface area contributed by atoms with Crippen LogP contribution in [0.25, 0.3) is 11.0 Å². The molecule has 0 saturated carbocycles.